The van der Waals surface area contributed by atoms with Crippen molar-refractivity contribution in [3.05, 3.63) is 17.5 Å². The highest BCUT2D eigenvalue weighted by Crippen LogP contribution is 2.29. The van der Waals surface area contributed by atoms with Crippen LogP contribution in [0.1, 0.15) is 37.1 Å². The first-order chi connectivity index (χ1) is 8.13. The summed E-state index contributed by atoms with van der Waals surface area (Å²) >= 11 is 0. The molecule has 0 saturated heterocycles. The number of nitrogens with one attached hydrogen (secondary N) is 1. The van der Waals surface area contributed by atoms with Gasteiger partial charge in [-0.25, -0.2) is 0 Å². The maximum atomic E-state index is 11.8. The number of rotatable bonds is 3. The van der Waals surface area contributed by atoms with Gasteiger partial charge in [0.15, 0.2) is 0 Å². The number of aromatic nitrogens is 2. The van der Waals surface area contributed by atoms with Crippen LogP contribution in [0, 0.1) is 5.92 Å². The standard InChI is InChI=1S/C12H20N4O/c1-8(6-13)12(17)15-10-4-3-5-11-9(10)7-14-16(11)2/h7-8,10H,3-6,13H2,1-2H3,(H,15,17). The van der Waals surface area contributed by atoms with Crippen LogP contribution in [0.4, 0.5) is 0 Å². The van der Waals surface area contributed by atoms with Gasteiger partial charge in [0, 0.05) is 30.8 Å². The van der Waals surface area contributed by atoms with Gasteiger partial charge in [0.05, 0.1) is 12.2 Å². The molecule has 0 aliphatic heterocycles. The number of fused-ring (bicyclic) bond motifs is 1. The van der Waals surface area contributed by atoms with Gasteiger partial charge in [-0.15, -0.1) is 0 Å². The average molecular weight is 236 g/mol. The zero-order chi connectivity index (χ0) is 12.4. The van der Waals surface area contributed by atoms with Gasteiger partial charge in [-0.2, -0.15) is 5.10 Å². The Kier molecular flexibility index (Phi) is 3.47. The minimum Gasteiger partial charge on any atom is -0.349 e. The van der Waals surface area contributed by atoms with Crippen molar-refractivity contribution in [1.29, 1.82) is 0 Å². The Morgan fingerprint density at radius 1 is 1.76 bits per heavy atom. The molecule has 2 unspecified atom stereocenters. The summed E-state index contributed by atoms with van der Waals surface area (Å²) < 4.78 is 1.90. The summed E-state index contributed by atoms with van der Waals surface area (Å²) in [5.74, 6) is -0.0914. The van der Waals surface area contributed by atoms with Gasteiger partial charge in [-0.3, -0.25) is 9.48 Å². The minimum absolute atomic E-state index is 0.0363. The summed E-state index contributed by atoms with van der Waals surface area (Å²) in [6, 6.07) is 0.106. The van der Waals surface area contributed by atoms with Gasteiger partial charge < -0.3 is 11.1 Å². The third kappa shape index (κ3) is 2.34. The molecule has 1 heterocycles. The summed E-state index contributed by atoms with van der Waals surface area (Å²) in [6.07, 6.45) is 4.99. The zero-order valence-electron chi connectivity index (χ0n) is 10.4. The van der Waals surface area contributed by atoms with E-state index in [4.69, 9.17) is 5.73 Å². The number of nitrogens with zero attached hydrogens (tertiary/aromatic N) is 2. The van der Waals surface area contributed by atoms with Crippen LogP contribution in [0.2, 0.25) is 0 Å². The molecule has 0 fully saturated rings. The number of hydrogen-bond donors (Lipinski definition) is 2. The van der Waals surface area contributed by atoms with Crippen molar-refractivity contribution in [2.24, 2.45) is 18.7 Å². The van der Waals surface area contributed by atoms with E-state index in [0.29, 0.717) is 6.54 Å². The third-order valence-corrected chi connectivity index (χ3v) is 3.49. The van der Waals surface area contributed by atoms with E-state index in [1.807, 2.05) is 24.9 Å². The number of carbonyl (C=O) groups excluding carboxylic acids is 1. The van der Waals surface area contributed by atoms with Crippen LogP contribution < -0.4 is 11.1 Å². The second-order valence-electron chi connectivity index (χ2n) is 4.76. The molecule has 5 heteroatoms. The molecule has 1 aromatic heterocycles. The Morgan fingerprint density at radius 2 is 2.53 bits per heavy atom. The third-order valence-electron chi connectivity index (χ3n) is 3.49. The number of aryl methyl sites for hydroxylation is 1. The minimum atomic E-state index is -0.128. The van der Waals surface area contributed by atoms with E-state index in [9.17, 15) is 4.79 Å². The topological polar surface area (TPSA) is 72.9 Å². The van der Waals surface area contributed by atoms with E-state index in [0.717, 1.165) is 24.8 Å². The molecule has 2 rings (SSSR count). The Bertz CT molecular complexity index is 413. The lowest BCUT2D eigenvalue weighted by Crippen LogP contribution is -2.37. The Morgan fingerprint density at radius 3 is 3.24 bits per heavy atom. The van der Waals surface area contributed by atoms with Crippen LogP contribution in [0.3, 0.4) is 0 Å². The molecular weight excluding hydrogens is 216 g/mol. The predicted octanol–water partition coefficient (Wildman–Crippen LogP) is 0.508. The van der Waals surface area contributed by atoms with E-state index >= 15 is 0 Å². The lowest BCUT2D eigenvalue weighted by Gasteiger charge is -2.25. The van der Waals surface area contributed by atoms with E-state index in [1.54, 1.807) is 0 Å². The SMILES string of the molecule is CC(CN)C(=O)NC1CCCc2c1cnn2C. The molecule has 94 valence electrons. The van der Waals surface area contributed by atoms with Crippen LogP contribution in [0.5, 0.6) is 0 Å². The number of hydrogen-bond acceptors (Lipinski definition) is 3. The van der Waals surface area contributed by atoms with Gasteiger partial charge in [0.2, 0.25) is 5.91 Å². The first kappa shape index (κ1) is 12.1. The molecule has 1 aliphatic rings. The lowest BCUT2D eigenvalue weighted by molar-refractivity contribution is -0.125. The first-order valence-corrected chi connectivity index (χ1v) is 6.14. The predicted molar refractivity (Wildman–Crippen MR) is 65.2 cm³/mol. The zero-order valence-corrected chi connectivity index (χ0v) is 10.4. The molecule has 0 saturated carbocycles. The average Bonchev–Trinajstić information content (AvgIpc) is 2.71. The smallest absolute Gasteiger partial charge is 0.224 e. The number of carbonyl (C=O) groups is 1. The Hall–Kier alpha value is -1.36. The summed E-state index contributed by atoms with van der Waals surface area (Å²) in [5, 5.41) is 7.33. The van der Waals surface area contributed by atoms with Gasteiger partial charge >= 0.3 is 0 Å². The monoisotopic (exact) mass is 236 g/mol. The highest BCUT2D eigenvalue weighted by Gasteiger charge is 2.25. The number of nitrogens with two attached hydrogens (primary N) is 1. The lowest BCUT2D eigenvalue weighted by atomic mass is 9.92. The van der Waals surface area contributed by atoms with Crippen LogP contribution in [-0.4, -0.2) is 22.2 Å². The second kappa shape index (κ2) is 4.87. The van der Waals surface area contributed by atoms with Crippen molar-refractivity contribution < 1.29 is 4.79 Å². The second-order valence-corrected chi connectivity index (χ2v) is 4.76. The maximum Gasteiger partial charge on any atom is 0.224 e. The van der Waals surface area contributed by atoms with Crippen LogP contribution >= 0.6 is 0 Å². The molecule has 3 N–H and O–H groups in total. The molecule has 1 amide bonds. The summed E-state index contributed by atoms with van der Waals surface area (Å²) in [6.45, 7) is 2.24. The summed E-state index contributed by atoms with van der Waals surface area (Å²) in [5.41, 5.74) is 7.90. The fourth-order valence-electron chi connectivity index (χ4n) is 2.28. The normalized spacial score (nSPS) is 20.8. The first-order valence-electron chi connectivity index (χ1n) is 6.14. The van der Waals surface area contributed by atoms with Crippen molar-refractivity contribution in [2.75, 3.05) is 6.54 Å². The molecule has 0 aromatic carbocycles. The van der Waals surface area contributed by atoms with Crippen molar-refractivity contribution >= 4 is 5.91 Å². The maximum absolute atomic E-state index is 11.8. The van der Waals surface area contributed by atoms with E-state index in [2.05, 4.69) is 10.4 Å². The summed E-state index contributed by atoms with van der Waals surface area (Å²) in [7, 11) is 1.95. The Labute approximate surface area is 101 Å². The van der Waals surface area contributed by atoms with Crippen LogP contribution in [-0.2, 0) is 18.3 Å². The summed E-state index contributed by atoms with van der Waals surface area (Å²) in [4.78, 5) is 11.8. The van der Waals surface area contributed by atoms with E-state index in [-0.39, 0.29) is 17.9 Å². The molecule has 1 aromatic rings. The van der Waals surface area contributed by atoms with Crippen molar-refractivity contribution in [3.8, 4) is 0 Å². The quantitative estimate of drug-likeness (QED) is 0.803. The van der Waals surface area contributed by atoms with Gasteiger partial charge in [-0.1, -0.05) is 6.92 Å². The van der Waals surface area contributed by atoms with Crippen molar-refractivity contribution in [3.63, 3.8) is 0 Å². The van der Waals surface area contributed by atoms with Gasteiger partial charge in [0.1, 0.15) is 0 Å². The van der Waals surface area contributed by atoms with Gasteiger partial charge in [-0.05, 0) is 19.3 Å². The molecule has 5 nitrogen and oxygen atoms in total. The van der Waals surface area contributed by atoms with Crippen LogP contribution in [0.25, 0.3) is 0 Å². The number of amides is 1. The van der Waals surface area contributed by atoms with E-state index < -0.39 is 0 Å². The van der Waals surface area contributed by atoms with Crippen molar-refractivity contribution in [2.45, 2.75) is 32.2 Å². The molecule has 2 atom stereocenters. The van der Waals surface area contributed by atoms with Crippen LogP contribution in [0.15, 0.2) is 6.20 Å². The molecule has 0 radical (unpaired) electrons. The molecular formula is C12H20N4O. The molecule has 17 heavy (non-hydrogen) atoms. The van der Waals surface area contributed by atoms with Crippen molar-refractivity contribution in [1.82, 2.24) is 15.1 Å². The highest BCUT2D eigenvalue weighted by molar-refractivity contribution is 5.79. The van der Waals surface area contributed by atoms with Gasteiger partial charge in [0.25, 0.3) is 0 Å². The fourth-order valence-corrected chi connectivity index (χ4v) is 2.28. The molecule has 1 aliphatic carbocycles. The molecule has 0 bridgehead atoms. The molecule has 0 spiro atoms. The Balaban J connectivity index is 2.11. The largest absolute Gasteiger partial charge is 0.349 e. The highest BCUT2D eigenvalue weighted by atomic mass is 16.1. The fraction of sp³-hybridized carbons (Fsp3) is 0.667. The van der Waals surface area contributed by atoms with E-state index in [1.165, 1.54) is 5.69 Å².